The van der Waals surface area contributed by atoms with E-state index in [0.717, 1.165) is 10.7 Å². The minimum atomic E-state index is 0.784. The van der Waals surface area contributed by atoms with E-state index in [9.17, 15) is 0 Å². The number of hydrogen-bond acceptors (Lipinski definition) is 1. The smallest absolute Gasteiger partial charge is 0.0148 e. The monoisotopic (exact) mass is 258 g/mol. The summed E-state index contributed by atoms with van der Waals surface area (Å²) in [4.78, 5) is 2.35. The molecule has 0 aliphatic heterocycles. The number of rotatable bonds is 2. The maximum atomic E-state index is 3.74. The SMILES string of the molecule is BrC1CCCC(Cc2cccs2)C1. The second-order valence-electron chi connectivity index (χ2n) is 3.91. The van der Waals surface area contributed by atoms with Gasteiger partial charge in [0, 0.05) is 9.70 Å². The van der Waals surface area contributed by atoms with Crippen molar-refractivity contribution in [3.05, 3.63) is 22.4 Å². The van der Waals surface area contributed by atoms with Gasteiger partial charge in [-0.1, -0.05) is 34.8 Å². The molecule has 0 saturated heterocycles. The number of hydrogen-bond donors (Lipinski definition) is 0. The number of alkyl halides is 1. The van der Waals surface area contributed by atoms with Crippen molar-refractivity contribution in [1.82, 2.24) is 0 Å². The van der Waals surface area contributed by atoms with Gasteiger partial charge in [0.2, 0.25) is 0 Å². The van der Waals surface area contributed by atoms with Gasteiger partial charge in [-0.25, -0.2) is 0 Å². The molecule has 0 aromatic carbocycles. The Balaban J connectivity index is 1.87. The van der Waals surface area contributed by atoms with Crippen molar-refractivity contribution < 1.29 is 0 Å². The summed E-state index contributed by atoms with van der Waals surface area (Å²) in [6.45, 7) is 0. The van der Waals surface area contributed by atoms with E-state index >= 15 is 0 Å². The van der Waals surface area contributed by atoms with Gasteiger partial charge in [0.15, 0.2) is 0 Å². The standard InChI is InChI=1S/C11H15BrS/c12-10-4-1-3-9(7-10)8-11-5-2-6-13-11/h2,5-6,9-10H,1,3-4,7-8H2. The van der Waals surface area contributed by atoms with E-state index < -0.39 is 0 Å². The molecule has 1 fully saturated rings. The van der Waals surface area contributed by atoms with Crippen molar-refractivity contribution in [3.63, 3.8) is 0 Å². The Kier molecular flexibility index (Phi) is 3.45. The molecule has 13 heavy (non-hydrogen) atoms. The van der Waals surface area contributed by atoms with Crippen LogP contribution < -0.4 is 0 Å². The van der Waals surface area contributed by atoms with Crippen molar-refractivity contribution in [2.75, 3.05) is 0 Å². The van der Waals surface area contributed by atoms with E-state index in [4.69, 9.17) is 0 Å². The first-order valence-electron chi connectivity index (χ1n) is 5.01. The van der Waals surface area contributed by atoms with Crippen LogP contribution in [0.3, 0.4) is 0 Å². The Morgan fingerprint density at radius 2 is 2.38 bits per heavy atom. The molecule has 1 heterocycles. The Bertz CT molecular complexity index is 243. The fourth-order valence-electron chi connectivity index (χ4n) is 2.12. The summed E-state index contributed by atoms with van der Waals surface area (Å²) in [6, 6.07) is 4.43. The minimum Gasteiger partial charge on any atom is -0.149 e. The lowest BCUT2D eigenvalue weighted by Crippen LogP contribution is -2.16. The van der Waals surface area contributed by atoms with Crippen LogP contribution in [0.15, 0.2) is 17.5 Å². The average molecular weight is 259 g/mol. The maximum Gasteiger partial charge on any atom is 0.0148 e. The molecule has 1 saturated carbocycles. The quantitative estimate of drug-likeness (QED) is 0.697. The molecule has 0 bridgehead atoms. The van der Waals surface area contributed by atoms with Crippen LogP contribution in [0.4, 0.5) is 0 Å². The van der Waals surface area contributed by atoms with E-state index in [1.54, 1.807) is 4.88 Å². The lowest BCUT2D eigenvalue weighted by Gasteiger charge is -2.25. The van der Waals surface area contributed by atoms with Gasteiger partial charge in [0.05, 0.1) is 0 Å². The third-order valence-electron chi connectivity index (χ3n) is 2.79. The fraction of sp³-hybridized carbons (Fsp3) is 0.636. The fourth-order valence-corrected chi connectivity index (χ4v) is 3.80. The van der Waals surface area contributed by atoms with Crippen LogP contribution in [0.2, 0.25) is 0 Å². The summed E-state index contributed by atoms with van der Waals surface area (Å²) in [5.74, 6) is 0.928. The molecule has 2 rings (SSSR count). The zero-order valence-corrected chi connectivity index (χ0v) is 10.1. The number of thiophene rings is 1. The molecular formula is C11H15BrS. The van der Waals surface area contributed by atoms with Crippen LogP contribution >= 0.6 is 27.3 Å². The molecule has 0 spiro atoms. The van der Waals surface area contributed by atoms with Gasteiger partial charge in [-0.3, -0.25) is 0 Å². The summed E-state index contributed by atoms with van der Waals surface area (Å²) in [5, 5.41) is 2.18. The largest absolute Gasteiger partial charge is 0.149 e. The van der Waals surface area contributed by atoms with E-state index in [-0.39, 0.29) is 0 Å². The molecule has 2 atom stereocenters. The average Bonchev–Trinajstić information content (AvgIpc) is 2.57. The molecule has 1 aromatic rings. The first-order valence-corrected chi connectivity index (χ1v) is 6.80. The molecular weight excluding hydrogens is 244 g/mol. The molecule has 1 aliphatic carbocycles. The zero-order chi connectivity index (χ0) is 9.10. The lowest BCUT2D eigenvalue weighted by molar-refractivity contribution is 0.369. The first kappa shape index (κ1) is 9.72. The summed E-state index contributed by atoms with van der Waals surface area (Å²) in [6.07, 6.45) is 6.89. The van der Waals surface area contributed by atoms with Gasteiger partial charge in [-0.2, -0.15) is 0 Å². The van der Waals surface area contributed by atoms with Crippen LogP contribution in [0, 0.1) is 5.92 Å². The van der Waals surface area contributed by atoms with Gasteiger partial charge >= 0.3 is 0 Å². The summed E-state index contributed by atoms with van der Waals surface area (Å²) in [7, 11) is 0. The van der Waals surface area contributed by atoms with Gasteiger partial charge in [-0.15, -0.1) is 11.3 Å². The Morgan fingerprint density at radius 3 is 3.08 bits per heavy atom. The van der Waals surface area contributed by atoms with Crippen molar-refractivity contribution in [1.29, 1.82) is 0 Å². The molecule has 0 N–H and O–H groups in total. The molecule has 0 amide bonds. The summed E-state index contributed by atoms with van der Waals surface area (Å²) < 4.78 is 0. The predicted molar refractivity (Wildman–Crippen MR) is 62.7 cm³/mol. The second-order valence-corrected chi connectivity index (χ2v) is 6.24. The van der Waals surface area contributed by atoms with Crippen LogP contribution in [0.5, 0.6) is 0 Å². The van der Waals surface area contributed by atoms with Crippen LogP contribution in [-0.2, 0) is 6.42 Å². The maximum absolute atomic E-state index is 3.74. The van der Waals surface area contributed by atoms with E-state index in [2.05, 4.69) is 33.4 Å². The molecule has 1 aliphatic rings. The van der Waals surface area contributed by atoms with Crippen molar-refractivity contribution in [3.8, 4) is 0 Å². The van der Waals surface area contributed by atoms with Gasteiger partial charge < -0.3 is 0 Å². The molecule has 0 nitrogen and oxygen atoms in total. The molecule has 2 heteroatoms. The highest BCUT2D eigenvalue weighted by Gasteiger charge is 2.20. The van der Waals surface area contributed by atoms with Gasteiger partial charge in [0.25, 0.3) is 0 Å². The zero-order valence-electron chi connectivity index (χ0n) is 7.71. The topological polar surface area (TPSA) is 0 Å². The molecule has 72 valence electrons. The molecule has 1 aromatic heterocycles. The Labute approximate surface area is 92.5 Å². The highest BCUT2D eigenvalue weighted by molar-refractivity contribution is 9.09. The van der Waals surface area contributed by atoms with Crippen molar-refractivity contribution in [2.24, 2.45) is 5.92 Å². The highest BCUT2D eigenvalue weighted by atomic mass is 79.9. The number of halogens is 1. The van der Waals surface area contributed by atoms with Crippen molar-refractivity contribution >= 4 is 27.3 Å². The normalized spacial score (nSPS) is 29.0. The Morgan fingerprint density at radius 1 is 1.46 bits per heavy atom. The predicted octanol–water partition coefficient (Wildman–Crippen LogP) is 4.24. The van der Waals surface area contributed by atoms with Crippen LogP contribution in [0.25, 0.3) is 0 Å². The third-order valence-corrected chi connectivity index (χ3v) is 4.52. The van der Waals surface area contributed by atoms with Crippen LogP contribution in [0.1, 0.15) is 30.6 Å². The molecule has 2 unspecified atom stereocenters. The van der Waals surface area contributed by atoms with Crippen LogP contribution in [-0.4, -0.2) is 4.83 Å². The van der Waals surface area contributed by atoms with E-state index in [1.165, 1.54) is 32.1 Å². The molecule has 0 radical (unpaired) electrons. The summed E-state index contributed by atoms with van der Waals surface area (Å²) >= 11 is 5.64. The van der Waals surface area contributed by atoms with Gasteiger partial charge in [0.1, 0.15) is 0 Å². The lowest BCUT2D eigenvalue weighted by atomic mass is 9.86. The van der Waals surface area contributed by atoms with Crippen molar-refractivity contribution in [2.45, 2.75) is 36.9 Å². The van der Waals surface area contributed by atoms with Gasteiger partial charge in [-0.05, 0) is 36.6 Å². The summed E-state index contributed by atoms with van der Waals surface area (Å²) in [5.41, 5.74) is 0. The van der Waals surface area contributed by atoms with E-state index in [0.29, 0.717) is 0 Å². The third kappa shape index (κ3) is 2.81. The highest BCUT2D eigenvalue weighted by Crippen LogP contribution is 2.31. The second kappa shape index (κ2) is 4.61. The first-order chi connectivity index (χ1) is 6.34. The Hall–Kier alpha value is 0.180. The minimum absolute atomic E-state index is 0.784. The van der Waals surface area contributed by atoms with E-state index in [1.807, 2.05) is 11.3 Å².